The first-order valence-corrected chi connectivity index (χ1v) is 10.7. The Hall–Kier alpha value is -2.23. The molecule has 8 nitrogen and oxygen atoms in total. The Morgan fingerprint density at radius 3 is 2.59 bits per heavy atom. The van der Waals surface area contributed by atoms with Gasteiger partial charge in [0.2, 0.25) is 10.0 Å². The summed E-state index contributed by atoms with van der Waals surface area (Å²) >= 11 is 0. The van der Waals surface area contributed by atoms with E-state index in [9.17, 15) is 8.42 Å². The maximum absolute atomic E-state index is 12.1. The summed E-state index contributed by atoms with van der Waals surface area (Å²) in [6, 6.07) is 7.54. The molecule has 1 aromatic carbocycles. The van der Waals surface area contributed by atoms with E-state index in [1.807, 2.05) is 24.3 Å². The van der Waals surface area contributed by atoms with Crippen molar-refractivity contribution in [2.75, 3.05) is 36.6 Å². The molecule has 9 heteroatoms. The van der Waals surface area contributed by atoms with Gasteiger partial charge in [0.05, 0.1) is 37.8 Å². The third-order valence-electron chi connectivity index (χ3n) is 5.01. The molecule has 27 heavy (non-hydrogen) atoms. The Morgan fingerprint density at radius 1 is 1.19 bits per heavy atom. The molecular weight excluding hydrogens is 366 g/mol. The smallest absolute Gasteiger partial charge is 0.211 e. The lowest BCUT2D eigenvalue weighted by atomic mass is 10.1. The third kappa shape index (κ3) is 3.50. The second-order valence-corrected chi connectivity index (χ2v) is 9.05. The highest BCUT2D eigenvalue weighted by atomic mass is 32.2. The zero-order valence-electron chi connectivity index (χ0n) is 15.4. The standard InChI is InChI=1S/C18H23N5O3S/c1-12-11-26-8-7-23(12)18-15-9-22(27(2,24)25)10-16(15)20-17(21-18)13-3-5-14(19)6-4-13/h3-6,12H,7-11,19H2,1-2H3/t12-/m0/s1. The molecule has 1 saturated heterocycles. The van der Waals surface area contributed by atoms with Crippen molar-refractivity contribution in [2.24, 2.45) is 0 Å². The zero-order valence-corrected chi connectivity index (χ0v) is 16.2. The molecule has 2 aromatic rings. The molecule has 0 bridgehead atoms. The average molecular weight is 389 g/mol. The molecule has 144 valence electrons. The van der Waals surface area contributed by atoms with Crippen LogP contribution >= 0.6 is 0 Å². The molecule has 3 heterocycles. The number of ether oxygens (including phenoxy) is 1. The normalized spacial score (nSPS) is 20.7. The molecule has 1 atom stereocenters. The third-order valence-corrected chi connectivity index (χ3v) is 6.21. The van der Waals surface area contributed by atoms with Gasteiger partial charge in [-0.25, -0.2) is 18.4 Å². The number of nitrogens with two attached hydrogens (primary N) is 1. The number of fused-ring (bicyclic) bond motifs is 1. The molecule has 2 aliphatic heterocycles. The SMILES string of the molecule is C[C@H]1COCCN1c1nc(-c2ccc(N)cc2)nc2c1CN(S(C)(=O)=O)C2. The van der Waals surface area contributed by atoms with Gasteiger partial charge in [0, 0.05) is 29.9 Å². The molecule has 0 aliphatic carbocycles. The quantitative estimate of drug-likeness (QED) is 0.788. The van der Waals surface area contributed by atoms with Gasteiger partial charge in [-0.15, -0.1) is 0 Å². The number of hydrogen-bond donors (Lipinski definition) is 1. The van der Waals surface area contributed by atoms with Crippen molar-refractivity contribution in [2.45, 2.75) is 26.1 Å². The molecule has 4 rings (SSSR count). The molecule has 0 unspecified atom stereocenters. The van der Waals surface area contributed by atoms with E-state index in [1.165, 1.54) is 10.6 Å². The van der Waals surface area contributed by atoms with Crippen LogP contribution in [0.4, 0.5) is 11.5 Å². The molecule has 2 aliphatic rings. The lowest BCUT2D eigenvalue weighted by molar-refractivity contribution is 0.0984. The van der Waals surface area contributed by atoms with E-state index in [1.54, 1.807) is 0 Å². The molecular formula is C18H23N5O3S. The maximum atomic E-state index is 12.1. The fraction of sp³-hybridized carbons (Fsp3) is 0.444. The van der Waals surface area contributed by atoms with Crippen LogP contribution in [0.5, 0.6) is 0 Å². The van der Waals surface area contributed by atoms with E-state index < -0.39 is 10.0 Å². The van der Waals surface area contributed by atoms with E-state index in [-0.39, 0.29) is 12.6 Å². The minimum absolute atomic E-state index is 0.157. The number of hydrogen-bond acceptors (Lipinski definition) is 7. The Kier molecular flexibility index (Phi) is 4.53. The first-order valence-electron chi connectivity index (χ1n) is 8.88. The van der Waals surface area contributed by atoms with Crippen molar-refractivity contribution < 1.29 is 13.2 Å². The molecule has 0 saturated carbocycles. The number of nitrogens with zero attached hydrogens (tertiary/aromatic N) is 4. The number of benzene rings is 1. The van der Waals surface area contributed by atoms with E-state index in [2.05, 4.69) is 16.8 Å². The Morgan fingerprint density at radius 2 is 1.93 bits per heavy atom. The van der Waals surface area contributed by atoms with Crippen LogP contribution < -0.4 is 10.6 Å². The van der Waals surface area contributed by atoms with Gasteiger partial charge in [-0.1, -0.05) is 0 Å². The number of sulfonamides is 1. The van der Waals surface area contributed by atoms with Gasteiger partial charge < -0.3 is 15.4 Å². The van der Waals surface area contributed by atoms with E-state index in [0.29, 0.717) is 37.8 Å². The monoisotopic (exact) mass is 389 g/mol. The van der Waals surface area contributed by atoms with E-state index in [4.69, 9.17) is 15.5 Å². The van der Waals surface area contributed by atoms with Crippen molar-refractivity contribution in [3.63, 3.8) is 0 Å². The molecule has 1 aromatic heterocycles. The van der Waals surface area contributed by atoms with Crippen LogP contribution in [0, 0.1) is 0 Å². The lowest BCUT2D eigenvalue weighted by Gasteiger charge is -2.35. The second kappa shape index (κ2) is 6.74. The van der Waals surface area contributed by atoms with Crippen LogP contribution in [0.15, 0.2) is 24.3 Å². The van der Waals surface area contributed by atoms with E-state index in [0.717, 1.165) is 22.6 Å². The van der Waals surface area contributed by atoms with Gasteiger partial charge in [-0.3, -0.25) is 0 Å². The minimum atomic E-state index is -3.31. The summed E-state index contributed by atoms with van der Waals surface area (Å²) in [6.45, 7) is 4.60. The number of morpholine rings is 1. The fourth-order valence-electron chi connectivity index (χ4n) is 3.48. The Bertz CT molecular complexity index is 962. The van der Waals surface area contributed by atoms with Crippen LogP contribution in [-0.4, -0.2) is 54.7 Å². The largest absolute Gasteiger partial charge is 0.399 e. The zero-order chi connectivity index (χ0) is 19.2. The Balaban J connectivity index is 1.82. The van der Waals surface area contributed by atoms with Gasteiger partial charge in [0.1, 0.15) is 5.82 Å². The number of nitrogen functional groups attached to an aromatic ring is 1. The van der Waals surface area contributed by atoms with Crippen molar-refractivity contribution in [1.82, 2.24) is 14.3 Å². The summed E-state index contributed by atoms with van der Waals surface area (Å²) in [5, 5.41) is 0. The predicted molar refractivity (Wildman–Crippen MR) is 104 cm³/mol. The highest BCUT2D eigenvalue weighted by Crippen LogP contribution is 2.34. The number of rotatable bonds is 3. The van der Waals surface area contributed by atoms with Crippen molar-refractivity contribution in [1.29, 1.82) is 0 Å². The Labute approximate surface area is 159 Å². The highest BCUT2D eigenvalue weighted by Gasteiger charge is 2.34. The van der Waals surface area contributed by atoms with Crippen LogP contribution in [-0.2, 0) is 27.8 Å². The summed E-state index contributed by atoms with van der Waals surface area (Å²) in [4.78, 5) is 11.7. The maximum Gasteiger partial charge on any atom is 0.211 e. The van der Waals surface area contributed by atoms with Crippen molar-refractivity contribution in [3.05, 3.63) is 35.5 Å². The fourth-order valence-corrected chi connectivity index (χ4v) is 4.20. The minimum Gasteiger partial charge on any atom is -0.399 e. The van der Waals surface area contributed by atoms with Gasteiger partial charge in [0.15, 0.2) is 5.82 Å². The van der Waals surface area contributed by atoms with Gasteiger partial charge in [0.25, 0.3) is 0 Å². The first kappa shape index (κ1) is 18.1. The van der Waals surface area contributed by atoms with Gasteiger partial charge in [-0.2, -0.15) is 4.31 Å². The molecule has 1 fully saturated rings. The van der Waals surface area contributed by atoms with Crippen molar-refractivity contribution >= 4 is 21.5 Å². The lowest BCUT2D eigenvalue weighted by Crippen LogP contribution is -2.44. The van der Waals surface area contributed by atoms with Crippen LogP contribution in [0.1, 0.15) is 18.2 Å². The summed E-state index contributed by atoms with van der Waals surface area (Å²) in [6.07, 6.45) is 1.23. The first-order chi connectivity index (χ1) is 12.8. The average Bonchev–Trinajstić information content (AvgIpc) is 3.07. The van der Waals surface area contributed by atoms with Crippen LogP contribution in [0.3, 0.4) is 0 Å². The number of anilines is 2. The van der Waals surface area contributed by atoms with E-state index >= 15 is 0 Å². The van der Waals surface area contributed by atoms with Gasteiger partial charge in [-0.05, 0) is 31.2 Å². The van der Waals surface area contributed by atoms with Crippen LogP contribution in [0.2, 0.25) is 0 Å². The molecule has 0 radical (unpaired) electrons. The molecule has 0 spiro atoms. The molecule has 2 N–H and O–H groups in total. The second-order valence-electron chi connectivity index (χ2n) is 7.07. The summed E-state index contributed by atoms with van der Waals surface area (Å²) in [7, 11) is -3.31. The predicted octanol–water partition coefficient (Wildman–Crippen LogP) is 1.23. The molecule has 0 amide bonds. The summed E-state index contributed by atoms with van der Waals surface area (Å²) < 4.78 is 31.1. The van der Waals surface area contributed by atoms with Gasteiger partial charge >= 0.3 is 0 Å². The van der Waals surface area contributed by atoms with Crippen LogP contribution in [0.25, 0.3) is 11.4 Å². The summed E-state index contributed by atoms with van der Waals surface area (Å²) in [5.74, 6) is 1.38. The topological polar surface area (TPSA) is 102 Å². The highest BCUT2D eigenvalue weighted by molar-refractivity contribution is 7.88. The van der Waals surface area contributed by atoms with Crippen molar-refractivity contribution in [3.8, 4) is 11.4 Å². The summed E-state index contributed by atoms with van der Waals surface area (Å²) in [5.41, 5.74) is 8.96. The number of aromatic nitrogens is 2.